The fourth-order valence-electron chi connectivity index (χ4n) is 3.40. The third-order valence-corrected chi connectivity index (χ3v) is 4.69. The Labute approximate surface area is 111 Å². The van der Waals surface area contributed by atoms with E-state index in [9.17, 15) is 0 Å². The SMILES string of the molecule is CCCCN=C(NN)N1CCC2(CCCC2)CC1. The molecule has 0 aromatic heterocycles. The van der Waals surface area contributed by atoms with Gasteiger partial charge in [-0.1, -0.05) is 26.2 Å². The van der Waals surface area contributed by atoms with Gasteiger partial charge in [0, 0.05) is 19.6 Å². The van der Waals surface area contributed by atoms with Crippen molar-refractivity contribution in [1.29, 1.82) is 0 Å². The first-order chi connectivity index (χ1) is 8.79. The summed E-state index contributed by atoms with van der Waals surface area (Å²) in [4.78, 5) is 6.91. The molecule has 1 saturated heterocycles. The number of hydrazine groups is 1. The van der Waals surface area contributed by atoms with Gasteiger partial charge in [-0.05, 0) is 37.5 Å². The summed E-state index contributed by atoms with van der Waals surface area (Å²) in [7, 11) is 0. The highest BCUT2D eigenvalue weighted by atomic mass is 15.4. The largest absolute Gasteiger partial charge is 0.342 e. The van der Waals surface area contributed by atoms with Crippen LogP contribution in [0.25, 0.3) is 0 Å². The van der Waals surface area contributed by atoms with E-state index in [1.165, 1.54) is 44.9 Å². The molecule has 0 bridgehead atoms. The highest BCUT2D eigenvalue weighted by Gasteiger charge is 2.37. The molecule has 1 aliphatic heterocycles. The fraction of sp³-hybridized carbons (Fsp3) is 0.929. The van der Waals surface area contributed by atoms with Crippen LogP contribution in [0.4, 0.5) is 0 Å². The molecule has 2 fully saturated rings. The number of aliphatic imine (C=N–C) groups is 1. The van der Waals surface area contributed by atoms with Crippen LogP contribution in [0.5, 0.6) is 0 Å². The lowest BCUT2D eigenvalue weighted by atomic mass is 9.77. The first-order valence-electron chi connectivity index (χ1n) is 7.56. The maximum absolute atomic E-state index is 5.61. The molecule has 0 radical (unpaired) electrons. The molecule has 0 unspecified atom stereocenters. The van der Waals surface area contributed by atoms with Gasteiger partial charge in [-0.3, -0.25) is 10.4 Å². The van der Waals surface area contributed by atoms with E-state index in [-0.39, 0.29) is 0 Å². The average Bonchev–Trinajstić information content (AvgIpc) is 2.85. The van der Waals surface area contributed by atoms with Crippen LogP contribution in [0, 0.1) is 5.41 Å². The summed E-state index contributed by atoms with van der Waals surface area (Å²) in [6.07, 6.45) is 10.7. The van der Waals surface area contributed by atoms with Gasteiger partial charge in [0.15, 0.2) is 0 Å². The molecule has 0 amide bonds. The summed E-state index contributed by atoms with van der Waals surface area (Å²) in [5.41, 5.74) is 3.45. The van der Waals surface area contributed by atoms with Gasteiger partial charge in [-0.15, -0.1) is 0 Å². The van der Waals surface area contributed by atoms with Crippen molar-refractivity contribution in [3.05, 3.63) is 0 Å². The number of hydrogen-bond donors (Lipinski definition) is 2. The molecule has 0 aromatic carbocycles. The van der Waals surface area contributed by atoms with Crippen molar-refractivity contribution in [3.63, 3.8) is 0 Å². The molecule has 1 spiro atoms. The van der Waals surface area contributed by atoms with Gasteiger partial charge in [0.2, 0.25) is 5.96 Å². The van der Waals surface area contributed by atoms with Crippen molar-refractivity contribution < 1.29 is 0 Å². The van der Waals surface area contributed by atoms with Crippen LogP contribution < -0.4 is 11.3 Å². The molecule has 3 N–H and O–H groups in total. The van der Waals surface area contributed by atoms with Gasteiger partial charge in [-0.2, -0.15) is 0 Å². The molecule has 18 heavy (non-hydrogen) atoms. The molecule has 2 rings (SSSR count). The molecule has 1 saturated carbocycles. The summed E-state index contributed by atoms with van der Waals surface area (Å²) >= 11 is 0. The lowest BCUT2D eigenvalue weighted by molar-refractivity contribution is 0.151. The summed E-state index contributed by atoms with van der Waals surface area (Å²) < 4.78 is 0. The highest BCUT2D eigenvalue weighted by molar-refractivity contribution is 5.79. The van der Waals surface area contributed by atoms with Crippen LogP contribution in [0.3, 0.4) is 0 Å². The zero-order valence-corrected chi connectivity index (χ0v) is 11.7. The van der Waals surface area contributed by atoms with Crippen LogP contribution in [0.1, 0.15) is 58.3 Å². The molecular formula is C14H28N4. The molecule has 1 aliphatic carbocycles. The highest BCUT2D eigenvalue weighted by Crippen LogP contribution is 2.45. The number of likely N-dealkylation sites (tertiary alicyclic amines) is 1. The predicted molar refractivity (Wildman–Crippen MR) is 76.2 cm³/mol. The van der Waals surface area contributed by atoms with Crippen LogP contribution in [-0.4, -0.2) is 30.5 Å². The van der Waals surface area contributed by atoms with Gasteiger partial charge >= 0.3 is 0 Å². The van der Waals surface area contributed by atoms with E-state index >= 15 is 0 Å². The van der Waals surface area contributed by atoms with Gasteiger partial charge in [0.25, 0.3) is 0 Å². The first kappa shape index (κ1) is 13.7. The van der Waals surface area contributed by atoms with Crippen molar-refractivity contribution in [1.82, 2.24) is 10.3 Å². The maximum Gasteiger partial charge on any atom is 0.208 e. The van der Waals surface area contributed by atoms with Gasteiger partial charge < -0.3 is 4.90 Å². The molecule has 4 nitrogen and oxygen atoms in total. The fourth-order valence-corrected chi connectivity index (χ4v) is 3.40. The summed E-state index contributed by atoms with van der Waals surface area (Å²) in [6, 6.07) is 0. The smallest absolute Gasteiger partial charge is 0.208 e. The standard InChI is InChI=1S/C14H28N4/c1-2-3-10-16-13(17-15)18-11-8-14(9-12-18)6-4-5-7-14/h2-12,15H2,1H3,(H,16,17). The Bertz CT molecular complexity index is 272. The Balaban J connectivity index is 1.85. The minimum absolute atomic E-state index is 0.666. The van der Waals surface area contributed by atoms with Crippen molar-refractivity contribution in [2.24, 2.45) is 16.3 Å². The second-order valence-corrected chi connectivity index (χ2v) is 5.90. The second-order valence-electron chi connectivity index (χ2n) is 5.90. The van der Waals surface area contributed by atoms with E-state index in [1.54, 1.807) is 0 Å². The summed E-state index contributed by atoms with van der Waals surface area (Å²) in [6.45, 7) is 5.32. The molecule has 0 atom stereocenters. The lowest BCUT2D eigenvalue weighted by Crippen LogP contribution is -2.50. The minimum atomic E-state index is 0.666. The van der Waals surface area contributed by atoms with E-state index in [0.29, 0.717) is 5.41 Å². The van der Waals surface area contributed by atoms with Crippen molar-refractivity contribution in [3.8, 4) is 0 Å². The number of hydrogen-bond acceptors (Lipinski definition) is 2. The Hall–Kier alpha value is -0.770. The van der Waals surface area contributed by atoms with Gasteiger partial charge in [0.05, 0.1) is 0 Å². The zero-order chi connectivity index (χ0) is 12.8. The van der Waals surface area contributed by atoms with Crippen LogP contribution in [0.2, 0.25) is 0 Å². The number of nitrogens with zero attached hydrogens (tertiary/aromatic N) is 2. The van der Waals surface area contributed by atoms with Crippen molar-refractivity contribution in [2.45, 2.75) is 58.3 Å². The normalized spacial score (nSPS) is 23.7. The predicted octanol–water partition coefficient (Wildman–Crippen LogP) is 2.26. The molecule has 1 heterocycles. The third-order valence-electron chi connectivity index (χ3n) is 4.69. The van der Waals surface area contributed by atoms with Crippen molar-refractivity contribution in [2.75, 3.05) is 19.6 Å². The van der Waals surface area contributed by atoms with Crippen molar-refractivity contribution >= 4 is 5.96 Å². The minimum Gasteiger partial charge on any atom is -0.342 e. The maximum atomic E-state index is 5.61. The van der Waals surface area contributed by atoms with E-state index in [1.807, 2.05) is 0 Å². The number of nitrogens with two attached hydrogens (primary N) is 1. The Morgan fingerprint density at radius 1 is 1.22 bits per heavy atom. The topological polar surface area (TPSA) is 53.6 Å². The molecule has 104 valence electrons. The number of piperidine rings is 1. The Morgan fingerprint density at radius 3 is 2.44 bits per heavy atom. The van der Waals surface area contributed by atoms with E-state index < -0.39 is 0 Å². The first-order valence-corrected chi connectivity index (χ1v) is 7.56. The lowest BCUT2D eigenvalue weighted by Gasteiger charge is -2.40. The molecule has 4 heteroatoms. The van der Waals surface area contributed by atoms with E-state index in [2.05, 4.69) is 22.2 Å². The number of nitrogens with one attached hydrogen (secondary N) is 1. The van der Waals surface area contributed by atoms with E-state index in [4.69, 9.17) is 5.84 Å². The summed E-state index contributed by atoms with van der Waals surface area (Å²) in [5, 5.41) is 0. The van der Waals surface area contributed by atoms with Crippen LogP contribution in [-0.2, 0) is 0 Å². The second kappa shape index (κ2) is 6.41. The number of unbranched alkanes of at least 4 members (excludes halogenated alkanes) is 1. The summed E-state index contributed by atoms with van der Waals surface area (Å²) in [5.74, 6) is 6.51. The van der Waals surface area contributed by atoms with Gasteiger partial charge in [0.1, 0.15) is 0 Å². The number of rotatable bonds is 3. The monoisotopic (exact) mass is 252 g/mol. The third kappa shape index (κ3) is 3.16. The van der Waals surface area contributed by atoms with Gasteiger partial charge in [-0.25, -0.2) is 5.84 Å². The Kier molecular flexibility index (Phi) is 4.87. The zero-order valence-electron chi connectivity index (χ0n) is 11.7. The average molecular weight is 252 g/mol. The van der Waals surface area contributed by atoms with Crippen LogP contribution in [0.15, 0.2) is 4.99 Å². The van der Waals surface area contributed by atoms with Crippen LogP contribution >= 0.6 is 0 Å². The van der Waals surface area contributed by atoms with E-state index in [0.717, 1.165) is 32.0 Å². The quantitative estimate of drug-likeness (QED) is 0.266. The number of guanidine groups is 1. The molecule has 0 aromatic rings. The molecule has 2 aliphatic rings. The molecular weight excluding hydrogens is 224 g/mol. The Morgan fingerprint density at radius 2 is 1.89 bits per heavy atom.